The summed E-state index contributed by atoms with van der Waals surface area (Å²) in [5, 5.41) is 3.06. The molecule has 0 bridgehead atoms. The van der Waals surface area contributed by atoms with Crippen LogP contribution in [0.3, 0.4) is 0 Å². The first-order chi connectivity index (χ1) is 11.6. The van der Waals surface area contributed by atoms with Crippen molar-refractivity contribution in [2.24, 2.45) is 11.8 Å². The second-order valence-corrected chi connectivity index (χ2v) is 8.05. The van der Waals surface area contributed by atoms with Crippen LogP contribution in [0.4, 0.5) is 0 Å². The molecule has 0 aromatic carbocycles. The molecule has 24 heavy (non-hydrogen) atoms. The number of piperidine rings is 1. The van der Waals surface area contributed by atoms with Gasteiger partial charge in [-0.3, -0.25) is 9.59 Å². The van der Waals surface area contributed by atoms with Crippen LogP contribution in [-0.2, 0) is 9.59 Å². The summed E-state index contributed by atoms with van der Waals surface area (Å²) in [5.41, 5.74) is 0. The van der Waals surface area contributed by atoms with Crippen molar-refractivity contribution in [3.8, 4) is 0 Å². The van der Waals surface area contributed by atoms with Crippen molar-refractivity contribution in [2.45, 2.75) is 64.3 Å². The largest absolute Gasteiger partial charge is 0.356 e. The lowest BCUT2D eigenvalue weighted by Gasteiger charge is -2.30. The van der Waals surface area contributed by atoms with E-state index in [4.69, 9.17) is 0 Å². The Balaban J connectivity index is 1.33. The average molecular weight is 335 g/mol. The molecule has 5 nitrogen and oxygen atoms in total. The van der Waals surface area contributed by atoms with Crippen LogP contribution in [0.15, 0.2) is 0 Å². The van der Waals surface area contributed by atoms with Gasteiger partial charge in [0.25, 0.3) is 0 Å². The van der Waals surface area contributed by atoms with Gasteiger partial charge in [0.05, 0.1) is 5.92 Å². The maximum absolute atomic E-state index is 12.3. The molecule has 1 aliphatic carbocycles. The number of nitrogens with zero attached hydrogens (tertiary/aromatic N) is 2. The Labute approximate surface area is 146 Å². The lowest BCUT2D eigenvalue weighted by Crippen LogP contribution is -2.38. The van der Waals surface area contributed by atoms with Crippen molar-refractivity contribution in [3.63, 3.8) is 0 Å². The van der Waals surface area contributed by atoms with E-state index in [-0.39, 0.29) is 17.7 Å². The van der Waals surface area contributed by atoms with Crippen molar-refractivity contribution in [2.75, 3.05) is 32.7 Å². The highest BCUT2D eigenvalue weighted by Gasteiger charge is 2.38. The molecule has 0 aromatic rings. The van der Waals surface area contributed by atoms with Gasteiger partial charge in [0.2, 0.25) is 11.8 Å². The summed E-state index contributed by atoms with van der Waals surface area (Å²) in [4.78, 5) is 29.0. The van der Waals surface area contributed by atoms with Crippen LogP contribution in [0.1, 0.15) is 58.3 Å². The van der Waals surface area contributed by atoms with Gasteiger partial charge in [-0.1, -0.05) is 19.8 Å². The number of rotatable bonds is 6. The smallest absolute Gasteiger partial charge is 0.225 e. The number of hydrogen-bond donors (Lipinski definition) is 1. The zero-order valence-electron chi connectivity index (χ0n) is 15.1. The van der Waals surface area contributed by atoms with Crippen LogP contribution in [0.5, 0.6) is 0 Å². The maximum Gasteiger partial charge on any atom is 0.225 e. The van der Waals surface area contributed by atoms with Crippen molar-refractivity contribution in [3.05, 3.63) is 0 Å². The van der Waals surface area contributed by atoms with Crippen LogP contribution < -0.4 is 5.32 Å². The van der Waals surface area contributed by atoms with E-state index in [0.717, 1.165) is 38.3 Å². The maximum atomic E-state index is 12.3. The molecule has 2 heterocycles. The Morgan fingerprint density at radius 1 is 1.17 bits per heavy atom. The topological polar surface area (TPSA) is 52.7 Å². The zero-order chi connectivity index (χ0) is 16.9. The lowest BCUT2D eigenvalue weighted by molar-refractivity contribution is -0.130. The third kappa shape index (κ3) is 4.50. The Morgan fingerprint density at radius 3 is 2.58 bits per heavy atom. The Morgan fingerprint density at radius 2 is 1.88 bits per heavy atom. The molecule has 0 unspecified atom stereocenters. The molecule has 5 heteroatoms. The third-order valence-electron chi connectivity index (χ3n) is 6.12. The van der Waals surface area contributed by atoms with E-state index in [0.29, 0.717) is 19.0 Å². The molecule has 0 spiro atoms. The highest BCUT2D eigenvalue weighted by atomic mass is 16.2. The zero-order valence-corrected chi connectivity index (χ0v) is 15.1. The van der Waals surface area contributed by atoms with E-state index in [1.165, 1.54) is 38.8 Å². The highest BCUT2D eigenvalue weighted by molar-refractivity contribution is 5.89. The normalized spacial score (nSPS) is 27.1. The summed E-state index contributed by atoms with van der Waals surface area (Å²) >= 11 is 0. The van der Waals surface area contributed by atoms with Crippen molar-refractivity contribution in [1.82, 2.24) is 15.1 Å². The van der Waals surface area contributed by atoms with Crippen molar-refractivity contribution >= 4 is 11.8 Å². The molecule has 1 saturated carbocycles. The molecule has 3 rings (SSSR count). The summed E-state index contributed by atoms with van der Waals surface area (Å²) in [5.74, 6) is 0.998. The Kier molecular flexibility index (Phi) is 6.14. The monoisotopic (exact) mass is 335 g/mol. The first-order valence-electron chi connectivity index (χ1n) is 9.93. The predicted molar refractivity (Wildman–Crippen MR) is 94.5 cm³/mol. The van der Waals surface area contributed by atoms with Gasteiger partial charge in [0, 0.05) is 25.6 Å². The van der Waals surface area contributed by atoms with Gasteiger partial charge in [-0.05, 0) is 57.7 Å². The SMILES string of the molecule is CC1CCN(CCCNC(=O)[C@H]2CC(=O)N(C3CCCC3)C2)CC1. The summed E-state index contributed by atoms with van der Waals surface area (Å²) in [6, 6.07) is 0.400. The van der Waals surface area contributed by atoms with E-state index < -0.39 is 0 Å². The lowest BCUT2D eigenvalue weighted by atomic mass is 9.99. The molecule has 0 radical (unpaired) electrons. The van der Waals surface area contributed by atoms with Crippen molar-refractivity contribution in [1.29, 1.82) is 0 Å². The van der Waals surface area contributed by atoms with Crippen LogP contribution in [0, 0.1) is 11.8 Å². The summed E-state index contributed by atoms with van der Waals surface area (Å²) in [6.45, 7) is 7.17. The van der Waals surface area contributed by atoms with E-state index in [1.54, 1.807) is 0 Å². The van der Waals surface area contributed by atoms with Crippen LogP contribution in [-0.4, -0.2) is 60.4 Å². The van der Waals surface area contributed by atoms with Gasteiger partial charge in [-0.25, -0.2) is 0 Å². The number of nitrogens with one attached hydrogen (secondary N) is 1. The van der Waals surface area contributed by atoms with Crippen LogP contribution in [0.2, 0.25) is 0 Å². The number of amides is 2. The van der Waals surface area contributed by atoms with Gasteiger partial charge >= 0.3 is 0 Å². The van der Waals surface area contributed by atoms with Gasteiger partial charge in [0.1, 0.15) is 0 Å². The molecule has 2 saturated heterocycles. The van der Waals surface area contributed by atoms with Gasteiger partial charge in [-0.15, -0.1) is 0 Å². The summed E-state index contributed by atoms with van der Waals surface area (Å²) in [7, 11) is 0. The summed E-state index contributed by atoms with van der Waals surface area (Å²) in [6.07, 6.45) is 8.70. The van der Waals surface area contributed by atoms with E-state index in [2.05, 4.69) is 17.1 Å². The fourth-order valence-electron chi connectivity index (χ4n) is 4.42. The predicted octanol–water partition coefficient (Wildman–Crippen LogP) is 2.02. The highest BCUT2D eigenvalue weighted by Crippen LogP contribution is 2.29. The molecule has 3 aliphatic rings. The number of carbonyl (C=O) groups excluding carboxylic acids is 2. The number of carbonyl (C=O) groups is 2. The molecule has 3 fully saturated rings. The fraction of sp³-hybridized carbons (Fsp3) is 0.895. The first kappa shape index (κ1) is 17.7. The molecular formula is C19H33N3O2. The van der Waals surface area contributed by atoms with E-state index in [1.807, 2.05) is 4.90 Å². The second-order valence-electron chi connectivity index (χ2n) is 8.05. The minimum Gasteiger partial charge on any atom is -0.356 e. The second kappa shape index (κ2) is 8.32. The fourth-order valence-corrected chi connectivity index (χ4v) is 4.42. The molecule has 136 valence electrons. The van der Waals surface area contributed by atoms with Crippen LogP contribution in [0.25, 0.3) is 0 Å². The third-order valence-corrected chi connectivity index (χ3v) is 6.12. The molecule has 1 atom stereocenters. The Bertz CT molecular complexity index is 440. The molecular weight excluding hydrogens is 302 g/mol. The van der Waals surface area contributed by atoms with Gasteiger partial charge in [0.15, 0.2) is 0 Å². The van der Waals surface area contributed by atoms with Crippen molar-refractivity contribution < 1.29 is 9.59 Å². The standard InChI is InChI=1S/C19H33N3O2/c1-15-7-11-21(12-8-15)10-4-9-20-19(24)16-13-18(23)22(14-16)17-5-2-3-6-17/h15-17H,2-14H2,1H3,(H,20,24)/t16-/m0/s1. The van der Waals surface area contributed by atoms with Gasteiger partial charge < -0.3 is 15.1 Å². The molecule has 2 amide bonds. The minimum absolute atomic E-state index is 0.0797. The summed E-state index contributed by atoms with van der Waals surface area (Å²) < 4.78 is 0. The first-order valence-corrected chi connectivity index (χ1v) is 9.93. The minimum atomic E-state index is -0.131. The Hall–Kier alpha value is -1.10. The molecule has 1 N–H and O–H groups in total. The quantitative estimate of drug-likeness (QED) is 0.756. The number of likely N-dealkylation sites (tertiary alicyclic amines) is 2. The average Bonchev–Trinajstić information content (AvgIpc) is 3.22. The van der Waals surface area contributed by atoms with Crippen LogP contribution >= 0.6 is 0 Å². The molecule has 2 aliphatic heterocycles. The van der Waals surface area contributed by atoms with E-state index >= 15 is 0 Å². The number of hydrogen-bond acceptors (Lipinski definition) is 3. The van der Waals surface area contributed by atoms with E-state index in [9.17, 15) is 9.59 Å². The van der Waals surface area contributed by atoms with Gasteiger partial charge in [-0.2, -0.15) is 0 Å². The molecule has 0 aromatic heterocycles.